The van der Waals surface area contributed by atoms with Crippen molar-refractivity contribution in [3.63, 3.8) is 0 Å². The Morgan fingerprint density at radius 2 is 2.06 bits per heavy atom. The zero-order valence-electron chi connectivity index (χ0n) is 11.6. The summed E-state index contributed by atoms with van der Waals surface area (Å²) in [6, 6.07) is 0. The maximum Gasteiger partial charge on any atom is 0.185 e. The summed E-state index contributed by atoms with van der Waals surface area (Å²) in [5.41, 5.74) is 0.562. The minimum atomic E-state index is 0.0392. The second-order valence-corrected chi connectivity index (χ2v) is 5.15. The number of Topliss-reactive ketones (excluding diaryl/α,β-unsaturated/α-hetero) is 1. The Hall–Kier alpha value is -0.870. The molecule has 1 aromatic rings. The predicted molar refractivity (Wildman–Crippen MR) is 74.2 cm³/mol. The van der Waals surface area contributed by atoms with Gasteiger partial charge in [-0.15, -0.1) is 0 Å². The van der Waals surface area contributed by atoms with Crippen LogP contribution in [0.3, 0.4) is 0 Å². The summed E-state index contributed by atoms with van der Waals surface area (Å²) in [5.74, 6) is 0.151. The quantitative estimate of drug-likeness (QED) is 0.716. The van der Waals surface area contributed by atoms with Crippen molar-refractivity contribution in [2.75, 3.05) is 20.6 Å². The Morgan fingerprint density at radius 1 is 1.44 bits per heavy atom. The largest absolute Gasteiger partial charge is 0.308 e. The summed E-state index contributed by atoms with van der Waals surface area (Å²) in [5, 5.41) is 4.66. The molecule has 0 N–H and O–H groups in total. The molecular formula is C13H22ClN3O. The molecule has 0 bridgehead atoms. The van der Waals surface area contributed by atoms with Gasteiger partial charge in [0.05, 0.1) is 17.8 Å². The molecule has 0 aliphatic carbocycles. The maximum atomic E-state index is 12.4. The Balaban J connectivity index is 2.92. The van der Waals surface area contributed by atoms with Gasteiger partial charge in [-0.3, -0.25) is 9.48 Å². The van der Waals surface area contributed by atoms with Crippen molar-refractivity contribution >= 4 is 17.4 Å². The molecule has 0 atom stereocenters. The number of aromatic nitrogens is 2. The van der Waals surface area contributed by atoms with E-state index in [1.54, 1.807) is 10.9 Å². The van der Waals surface area contributed by atoms with Gasteiger partial charge in [-0.05, 0) is 26.9 Å². The van der Waals surface area contributed by atoms with E-state index in [0.717, 1.165) is 19.4 Å². The molecule has 18 heavy (non-hydrogen) atoms. The maximum absolute atomic E-state index is 12.4. The third kappa shape index (κ3) is 3.56. The molecule has 0 fully saturated rings. The standard InChI is InChI=1S/C13H22ClN3O/c1-5-10(6-2)13(18)12-11(14)9-15-17(12)8-7-16(3)4/h9-10H,5-8H2,1-4H3. The Labute approximate surface area is 114 Å². The number of likely N-dealkylation sites (N-methyl/N-ethyl adjacent to an activating group) is 1. The molecule has 0 spiro atoms. The van der Waals surface area contributed by atoms with Gasteiger partial charge in [-0.1, -0.05) is 25.4 Å². The van der Waals surface area contributed by atoms with Gasteiger partial charge in [-0.25, -0.2) is 0 Å². The number of nitrogens with zero attached hydrogens (tertiary/aromatic N) is 3. The first-order chi connectivity index (χ1) is 8.51. The summed E-state index contributed by atoms with van der Waals surface area (Å²) in [6.07, 6.45) is 3.24. The number of hydrogen-bond donors (Lipinski definition) is 0. The van der Waals surface area contributed by atoms with Gasteiger partial charge in [-0.2, -0.15) is 5.10 Å². The topological polar surface area (TPSA) is 38.1 Å². The summed E-state index contributed by atoms with van der Waals surface area (Å²) in [6.45, 7) is 5.57. The molecule has 1 heterocycles. The van der Waals surface area contributed by atoms with Crippen LogP contribution in [0, 0.1) is 5.92 Å². The first-order valence-corrected chi connectivity index (χ1v) is 6.79. The van der Waals surface area contributed by atoms with Crippen LogP contribution < -0.4 is 0 Å². The first-order valence-electron chi connectivity index (χ1n) is 6.41. The van der Waals surface area contributed by atoms with E-state index in [0.29, 0.717) is 17.3 Å². The van der Waals surface area contributed by atoms with Crippen LogP contribution in [0.2, 0.25) is 5.02 Å². The van der Waals surface area contributed by atoms with Gasteiger partial charge in [0.15, 0.2) is 5.78 Å². The van der Waals surface area contributed by atoms with Crippen molar-refractivity contribution in [2.24, 2.45) is 5.92 Å². The second-order valence-electron chi connectivity index (χ2n) is 4.75. The molecule has 1 rings (SSSR count). The van der Waals surface area contributed by atoms with Crippen molar-refractivity contribution in [3.8, 4) is 0 Å². The smallest absolute Gasteiger partial charge is 0.185 e. The van der Waals surface area contributed by atoms with Crippen LogP contribution in [0.5, 0.6) is 0 Å². The van der Waals surface area contributed by atoms with Crippen LogP contribution >= 0.6 is 11.6 Å². The zero-order chi connectivity index (χ0) is 13.7. The Kier molecular flexibility index (Phi) is 5.82. The normalized spacial score (nSPS) is 11.5. The van der Waals surface area contributed by atoms with Gasteiger partial charge in [0, 0.05) is 12.5 Å². The molecular weight excluding hydrogens is 250 g/mol. The molecule has 0 amide bonds. The van der Waals surface area contributed by atoms with E-state index >= 15 is 0 Å². The average Bonchev–Trinajstić information content (AvgIpc) is 2.69. The monoisotopic (exact) mass is 271 g/mol. The summed E-state index contributed by atoms with van der Waals surface area (Å²) < 4.78 is 1.73. The lowest BCUT2D eigenvalue weighted by Gasteiger charge is -2.15. The molecule has 5 heteroatoms. The minimum absolute atomic E-state index is 0.0392. The average molecular weight is 272 g/mol. The molecule has 4 nitrogen and oxygen atoms in total. The number of hydrogen-bond acceptors (Lipinski definition) is 3. The van der Waals surface area contributed by atoms with E-state index in [1.807, 2.05) is 27.9 Å². The SMILES string of the molecule is CCC(CC)C(=O)c1c(Cl)cnn1CCN(C)C. The highest BCUT2D eigenvalue weighted by Crippen LogP contribution is 2.22. The van der Waals surface area contributed by atoms with Crippen LogP contribution in [-0.2, 0) is 6.54 Å². The van der Waals surface area contributed by atoms with Crippen LogP contribution in [-0.4, -0.2) is 41.1 Å². The molecule has 102 valence electrons. The highest BCUT2D eigenvalue weighted by molar-refractivity contribution is 6.33. The molecule has 0 radical (unpaired) electrons. The van der Waals surface area contributed by atoms with E-state index in [9.17, 15) is 4.79 Å². The van der Waals surface area contributed by atoms with Gasteiger partial charge in [0.1, 0.15) is 5.69 Å². The number of ketones is 1. The molecule has 1 aromatic heterocycles. The fourth-order valence-electron chi connectivity index (χ4n) is 1.92. The molecule has 0 saturated carbocycles. The van der Waals surface area contributed by atoms with Crippen molar-refractivity contribution in [3.05, 3.63) is 16.9 Å². The third-order valence-corrected chi connectivity index (χ3v) is 3.42. The van der Waals surface area contributed by atoms with Gasteiger partial charge >= 0.3 is 0 Å². The first kappa shape index (κ1) is 15.2. The molecule has 0 unspecified atom stereocenters. The van der Waals surface area contributed by atoms with Gasteiger partial charge in [0.25, 0.3) is 0 Å². The number of carbonyl (C=O) groups is 1. The Morgan fingerprint density at radius 3 is 2.56 bits per heavy atom. The van der Waals surface area contributed by atoms with E-state index in [-0.39, 0.29) is 11.7 Å². The van der Waals surface area contributed by atoms with E-state index in [4.69, 9.17) is 11.6 Å². The highest BCUT2D eigenvalue weighted by atomic mass is 35.5. The second kappa shape index (κ2) is 6.90. The fourth-order valence-corrected chi connectivity index (χ4v) is 2.16. The summed E-state index contributed by atoms with van der Waals surface area (Å²) in [7, 11) is 3.99. The van der Waals surface area contributed by atoms with Crippen LogP contribution in [0.4, 0.5) is 0 Å². The third-order valence-electron chi connectivity index (χ3n) is 3.14. The van der Waals surface area contributed by atoms with Crippen molar-refractivity contribution in [1.82, 2.24) is 14.7 Å². The molecule has 0 aliphatic heterocycles. The van der Waals surface area contributed by atoms with Crippen molar-refractivity contribution in [2.45, 2.75) is 33.2 Å². The zero-order valence-corrected chi connectivity index (χ0v) is 12.4. The number of halogens is 1. The van der Waals surface area contributed by atoms with Crippen molar-refractivity contribution in [1.29, 1.82) is 0 Å². The summed E-state index contributed by atoms with van der Waals surface area (Å²) in [4.78, 5) is 14.5. The lowest BCUT2D eigenvalue weighted by molar-refractivity contribution is 0.0901. The minimum Gasteiger partial charge on any atom is -0.308 e. The molecule has 0 aromatic carbocycles. The molecule has 0 aliphatic rings. The van der Waals surface area contributed by atoms with E-state index in [1.165, 1.54) is 0 Å². The van der Waals surface area contributed by atoms with E-state index in [2.05, 4.69) is 10.00 Å². The predicted octanol–water partition coefficient (Wildman–Crippen LogP) is 2.72. The summed E-state index contributed by atoms with van der Waals surface area (Å²) >= 11 is 6.10. The van der Waals surface area contributed by atoms with Crippen LogP contribution in [0.25, 0.3) is 0 Å². The Bertz CT molecular complexity index is 397. The lowest BCUT2D eigenvalue weighted by atomic mass is 9.96. The molecule has 0 saturated heterocycles. The number of carbonyl (C=O) groups excluding carboxylic acids is 1. The van der Waals surface area contributed by atoms with Crippen LogP contribution in [0.1, 0.15) is 37.2 Å². The number of rotatable bonds is 7. The fraction of sp³-hybridized carbons (Fsp3) is 0.692. The van der Waals surface area contributed by atoms with Gasteiger partial charge in [0.2, 0.25) is 0 Å². The van der Waals surface area contributed by atoms with E-state index < -0.39 is 0 Å². The van der Waals surface area contributed by atoms with Crippen LogP contribution in [0.15, 0.2) is 6.20 Å². The highest BCUT2D eigenvalue weighted by Gasteiger charge is 2.23. The van der Waals surface area contributed by atoms with Crippen molar-refractivity contribution < 1.29 is 4.79 Å². The van der Waals surface area contributed by atoms with Gasteiger partial charge < -0.3 is 4.90 Å². The lowest BCUT2D eigenvalue weighted by Crippen LogP contribution is -2.23.